The fraction of sp³-hybridized carbons (Fsp3) is 0.500. The van der Waals surface area contributed by atoms with Crippen molar-refractivity contribution in [3.8, 4) is 5.75 Å². The quantitative estimate of drug-likeness (QED) is 0.608. The number of hydrogen-bond acceptors (Lipinski definition) is 2. The normalized spacial score (nSPS) is 22.1. The zero-order chi connectivity index (χ0) is 12.5. The van der Waals surface area contributed by atoms with E-state index in [1.54, 1.807) is 4.90 Å². The third kappa shape index (κ3) is 2.19. The monoisotopic (exact) mass is 265 g/mol. The van der Waals surface area contributed by atoms with Crippen LogP contribution in [0.5, 0.6) is 5.75 Å². The molecule has 1 aliphatic heterocycles. The van der Waals surface area contributed by atoms with E-state index in [0.717, 1.165) is 25.0 Å². The summed E-state index contributed by atoms with van der Waals surface area (Å²) in [6.45, 7) is 1.30. The van der Waals surface area contributed by atoms with Gasteiger partial charge in [-0.15, -0.1) is 0 Å². The fourth-order valence-corrected chi connectivity index (χ4v) is 3.01. The number of likely N-dealkylation sites (tertiary alicyclic amines) is 1. The van der Waals surface area contributed by atoms with Crippen molar-refractivity contribution in [2.75, 3.05) is 13.1 Å². The Bertz CT molecular complexity index is 475. The van der Waals surface area contributed by atoms with Crippen LogP contribution in [0.15, 0.2) is 18.2 Å². The van der Waals surface area contributed by atoms with Gasteiger partial charge in [-0.2, -0.15) is 0 Å². The number of hydrogen-bond donors (Lipinski definition) is 0. The molecular weight excluding hydrogens is 250 g/mol. The molecule has 3 nitrogen and oxygen atoms in total. The van der Waals surface area contributed by atoms with Crippen molar-refractivity contribution < 1.29 is 9.53 Å². The highest BCUT2D eigenvalue weighted by Crippen LogP contribution is 2.32. The van der Waals surface area contributed by atoms with E-state index in [0.29, 0.717) is 13.1 Å². The Morgan fingerprint density at radius 3 is 3.06 bits per heavy atom. The molecule has 1 fully saturated rings. The highest BCUT2D eigenvalue weighted by Gasteiger charge is 2.27. The molecule has 1 aromatic rings. The molecule has 18 heavy (non-hydrogen) atoms. The maximum absolute atomic E-state index is 11.1. The first-order chi connectivity index (χ1) is 8.74. The van der Waals surface area contributed by atoms with Crippen LogP contribution in [0.3, 0.4) is 0 Å². The molecular formula is C14H16ClNO2. The molecule has 3 rings (SSSR count). The highest BCUT2D eigenvalue weighted by atomic mass is 35.5. The van der Waals surface area contributed by atoms with Crippen LogP contribution in [0.2, 0.25) is 0 Å². The lowest BCUT2D eigenvalue weighted by Crippen LogP contribution is -2.26. The van der Waals surface area contributed by atoms with Gasteiger partial charge in [0.1, 0.15) is 11.9 Å². The predicted molar refractivity (Wildman–Crippen MR) is 70.3 cm³/mol. The molecule has 0 bridgehead atoms. The van der Waals surface area contributed by atoms with E-state index in [2.05, 4.69) is 12.1 Å². The van der Waals surface area contributed by atoms with Gasteiger partial charge in [0, 0.05) is 13.0 Å². The number of halogens is 1. The maximum Gasteiger partial charge on any atom is 0.316 e. The van der Waals surface area contributed by atoms with Crippen molar-refractivity contribution in [2.45, 2.75) is 31.8 Å². The first-order valence-corrected chi connectivity index (χ1v) is 6.83. The zero-order valence-corrected chi connectivity index (χ0v) is 10.9. The predicted octanol–water partition coefficient (Wildman–Crippen LogP) is 2.99. The Labute approximate surface area is 112 Å². The van der Waals surface area contributed by atoms with Gasteiger partial charge in [-0.1, -0.05) is 12.1 Å². The number of carbonyl (C=O) groups is 1. The summed E-state index contributed by atoms with van der Waals surface area (Å²) in [4.78, 5) is 12.7. The molecule has 96 valence electrons. The Morgan fingerprint density at radius 1 is 1.39 bits per heavy atom. The minimum Gasteiger partial charge on any atom is -0.488 e. The fourth-order valence-electron chi connectivity index (χ4n) is 2.86. The van der Waals surface area contributed by atoms with Crippen LogP contribution in [-0.4, -0.2) is 29.5 Å². The lowest BCUT2D eigenvalue weighted by atomic mass is 10.1. The second-order valence-corrected chi connectivity index (χ2v) is 5.30. The molecule has 1 unspecified atom stereocenters. The van der Waals surface area contributed by atoms with Crippen LogP contribution in [-0.2, 0) is 12.8 Å². The number of benzene rings is 1. The number of aryl methyl sites for hydroxylation is 1. The topological polar surface area (TPSA) is 29.5 Å². The SMILES string of the molecule is O=C(Cl)N1CCC(Oc2cccc3c2CCC3)C1. The smallest absolute Gasteiger partial charge is 0.316 e. The molecule has 1 atom stereocenters. The van der Waals surface area contributed by atoms with Gasteiger partial charge in [-0.25, -0.2) is 0 Å². The van der Waals surface area contributed by atoms with Gasteiger partial charge in [-0.05, 0) is 48.1 Å². The molecule has 0 radical (unpaired) electrons. The van der Waals surface area contributed by atoms with Gasteiger partial charge in [-0.3, -0.25) is 4.79 Å². The molecule has 1 amide bonds. The number of amides is 1. The van der Waals surface area contributed by atoms with E-state index >= 15 is 0 Å². The summed E-state index contributed by atoms with van der Waals surface area (Å²) in [5.41, 5.74) is 2.77. The average molecular weight is 266 g/mol. The van der Waals surface area contributed by atoms with Crippen LogP contribution < -0.4 is 4.74 Å². The van der Waals surface area contributed by atoms with Crippen LogP contribution in [0.4, 0.5) is 4.79 Å². The first kappa shape index (κ1) is 11.8. The molecule has 1 heterocycles. The zero-order valence-electron chi connectivity index (χ0n) is 10.2. The van der Waals surface area contributed by atoms with Crippen molar-refractivity contribution in [2.24, 2.45) is 0 Å². The number of fused-ring (bicyclic) bond motifs is 1. The van der Waals surface area contributed by atoms with Crippen molar-refractivity contribution >= 4 is 17.0 Å². The Hall–Kier alpha value is -1.22. The van der Waals surface area contributed by atoms with E-state index in [1.165, 1.54) is 17.5 Å². The van der Waals surface area contributed by atoms with E-state index < -0.39 is 0 Å². The van der Waals surface area contributed by atoms with Crippen LogP contribution in [0.1, 0.15) is 24.0 Å². The molecule has 0 N–H and O–H groups in total. The Morgan fingerprint density at radius 2 is 2.28 bits per heavy atom. The molecule has 1 aromatic carbocycles. The molecule has 0 aromatic heterocycles. The van der Waals surface area contributed by atoms with Gasteiger partial charge in [0.2, 0.25) is 0 Å². The molecule has 4 heteroatoms. The van der Waals surface area contributed by atoms with Gasteiger partial charge in [0.05, 0.1) is 6.54 Å². The molecule has 1 aliphatic carbocycles. The second kappa shape index (κ2) is 4.81. The van der Waals surface area contributed by atoms with Gasteiger partial charge < -0.3 is 9.64 Å². The molecule has 0 spiro atoms. The standard InChI is InChI=1S/C14H16ClNO2/c15-14(17)16-8-7-11(9-16)18-13-6-2-4-10-3-1-5-12(10)13/h2,4,6,11H,1,3,5,7-9H2. The third-order valence-corrected chi connectivity index (χ3v) is 4.03. The summed E-state index contributed by atoms with van der Waals surface area (Å²) in [6.07, 6.45) is 4.43. The summed E-state index contributed by atoms with van der Waals surface area (Å²) in [5.74, 6) is 0.999. The molecule has 2 aliphatic rings. The van der Waals surface area contributed by atoms with E-state index in [-0.39, 0.29) is 11.5 Å². The summed E-state index contributed by atoms with van der Waals surface area (Å²) in [6, 6.07) is 6.27. The van der Waals surface area contributed by atoms with Crippen molar-refractivity contribution in [1.82, 2.24) is 4.90 Å². The summed E-state index contributed by atoms with van der Waals surface area (Å²) >= 11 is 5.48. The lowest BCUT2D eigenvalue weighted by molar-refractivity contribution is 0.198. The number of nitrogens with zero attached hydrogens (tertiary/aromatic N) is 1. The van der Waals surface area contributed by atoms with Crippen molar-refractivity contribution in [1.29, 1.82) is 0 Å². The van der Waals surface area contributed by atoms with Crippen molar-refractivity contribution in [3.63, 3.8) is 0 Å². The minimum absolute atomic E-state index is 0.0831. The number of rotatable bonds is 2. The van der Waals surface area contributed by atoms with E-state index in [4.69, 9.17) is 16.3 Å². The van der Waals surface area contributed by atoms with Crippen LogP contribution in [0, 0.1) is 0 Å². The highest BCUT2D eigenvalue weighted by molar-refractivity contribution is 6.62. The number of ether oxygens (including phenoxy) is 1. The Kier molecular flexibility index (Phi) is 3.16. The average Bonchev–Trinajstić information content (AvgIpc) is 2.97. The summed E-state index contributed by atoms with van der Waals surface area (Å²) in [7, 11) is 0. The van der Waals surface area contributed by atoms with E-state index in [9.17, 15) is 4.79 Å². The summed E-state index contributed by atoms with van der Waals surface area (Å²) < 4.78 is 6.05. The van der Waals surface area contributed by atoms with Crippen LogP contribution in [0.25, 0.3) is 0 Å². The lowest BCUT2D eigenvalue weighted by Gasteiger charge is -2.17. The van der Waals surface area contributed by atoms with Gasteiger partial charge in [0.15, 0.2) is 0 Å². The number of carbonyl (C=O) groups excluding carboxylic acids is 1. The maximum atomic E-state index is 11.1. The second-order valence-electron chi connectivity index (χ2n) is 4.97. The van der Waals surface area contributed by atoms with Gasteiger partial charge in [0.25, 0.3) is 0 Å². The third-order valence-electron chi connectivity index (χ3n) is 3.79. The largest absolute Gasteiger partial charge is 0.488 e. The molecule has 1 saturated heterocycles. The van der Waals surface area contributed by atoms with E-state index in [1.807, 2.05) is 6.07 Å². The Balaban J connectivity index is 1.71. The van der Waals surface area contributed by atoms with Gasteiger partial charge >= 0.3 is 5.37 Å². The van der Waals surface area contributed by atoms with Crippen LogP contribution >= 0.6 is 11.6 Å². The molecule has 0 saturated carbocycles. The summed E-state index contributed by atoms with van der Waals surface area (Å²) in [5, 5.41) is -0.376. The minimum atomic E-state index is -0.376. The van der Waals surface area contributed by atoms with Crippen molar-refractivity contribution in [3.05, 3.63) is 29.3 Å². The first-order valence-electron chi connectivity index (χ1n) is 6.46.